The highest BCUT2D eigenvalue weighted by molar-refractivity contribution is 5.97. The molecule has 3 aromatic rings. The van der Waals surface area contributed by atoms with Crippen LogP contribution in [0.2, 0.25) is 0 Å². The molecule has 3 amide bonds. The van der Waals surface area contributed by atoms with Gasteiger partial charge in [-0.05, 0) is 38.0 Å². The monoisotopic (exact) mass is 521 g/mol. The number of carbonyl (C=O) groups is 4. The number of aromatic amines is 1. The topological polar surface area (TPSA) is 169 Å². The molecule has 0 saturated carbocycles. The molecule has 200 valence electrons. The molecule has 0 saturated heterocycles. The SMILES string of the molecule is CCOC(=O)/C=C/[C@@H](CCC(N)=O)NC(=O)[C@@H](Cc1ccccc1)NC(=O)c1ccc(-c2cc(C)no2)[nH]1. The van der Waals surface area contributed by atoms with Gasteiger partial charge in [-0.1, -0.05) is 41.6 Å². The smallest absolute Gasteiger partial charge is 0.330 e. The Balaban J connectivity index is 1.77. The van der Waals surface area contributed by atoms with Crippen molar-refractivity contribution in [3.8, 4) is 11.5 Å². The maximum atomic E-state index is 13.3. The number of aryl methyl sites for hydroxylation is 1. The van der Waals surface area contributed by atoms with E-state index in [4.69, 9.17) is 15.0 Å². The van der Waals surface area contributed by atoms with Gasteiger partial charge < -0.3 is 30.6 Å². The van der Waals surface area contributed by atoms with Gasteiger partial charge in [-0.3, -0.25) is 14.4 Å². The number of esters is 1. The maximum absolute atomic E-state index is 13.3. The molecule has 11 heteroatoms. The first-order chi connectivity index (χ1) is 18.2. The van der Waals surface area contributed by atoms with Crippen molar-refractivity contribution in [3.05, 3.63) is 77.6 Å². The number of aromatic nitrogens is 2. The first-order valence-corrected chi connectivity index (χ1v) is 12.2. The summed E-state index contributed by atoms with van der Waals surface area (Å²) in [6.45, 7) is 3.66. The number of hydrogen-bond acceptors (Lipinski definition) is 7. The highest BCUT2D eigenvalue weighted by Crippen LogP contribution is 2.19. The summed E-state index contributed by atoms with van der Waals surface area (Å²) in [6.07, 6.45) is 2.99. The van der Waals surface area contributed by atoms with E-state index in [2.05, 4.69) is 20.8 Å². The van der Waals surface area contributed by atoms with E-state index in [-0.39, 0.29) is 31.6 Å². The van der Waals surface area contributed by atoms with Crippen LogP contribution in [0.15, 0.2) is 65.2 Å². The number of carbonyl (C=O) groups excluding carboxylic acids is 4. The predicted molar refractivity (Wildman–Crippen MR) is 139 cm³/mol. The molecule has 5 N–H and O–H groups in total. The lowest BCUT2D eigenvalue weighted by atomic mass is 10.0. The van der Waals surface area contributed by atoms with E-state index in [0.29, 0.717) is 17.1 Å². The second-order valence-electron chi connectivity index (χ2n) is 8.57. The minimum Gasteiger partial charge on any atom is -0.463 e. The van der Waals surface area contributed by atoms with Crippen LogP contribution < -0.4 is 16.4 Å². The molecule has 2 atom stereocenters. The van der Waals surface area contributed by atoms with Crippen molar-refractivity contribution in [2.45, 2.75) is 45.2 Å². The van der Waals surface area contributed by atoms with E-state index in [1.165, 1.54) is 12.2 Å². The zero-order valence-corrected chi connectivity index (χ0v) is 21.2. The molecule has 11 nitrogen and oxygen atoms in total. The van der Waals surface area contributed by atoms with Gasteiger partial charge in [0.1, 0.15) is 11.7 Å². The molecule has 0 bridgehead atoms. The zero-order chi connectivity index (χ0) is 27.5. The molecule has 0 spiro atoms. The quantitative estimate of drug-likeness (QED) is 0.197. The fourth-order valence-electron chi connectivity index (χ4n) is 3.64. The molecule has 0 aliphatic carbocycles. The Morgan fingerprint density at radius 3 is 2.55 bits per heavy atom. The minimum absolute atomic E-state index is 0.0137. The summed E-state index contributed by atoms with van der Waals surface area (Å²) in [4.78, 5) is 52.5. The average Bonchev–Trinajstić information content (AvgIpc) is 3.55. The van der Waals surface area contributed by atoms with Crippen LogP contribution >= 0.6 is 0 Å². The van der Waals surface area contributed by atoms with E-state index in [9.17, 15) is 19.2 Å². The Kier molecular flexibility index (Phi) is 9.98. The molecule has 0 radical (unpaired) electrons. The van der Waals surface area contributed by atoms with E-state index in [0.717, 1.165) is 5.56 Å². The van der Waals surface area contributed by atoms with Crippen molar-refractivity contribution in [1.82, 2.24) is 20.8 Å². The highest BCUT2D eigenvalue weighted by atomic mass is 16.5. The maximum Gasteiger partial charge on any atom is 0.330 e. The summed E-state index contributed by atoms with van der Waals surface area (Å²) >= 11 is 0. The molecule has 0 aliphatic heterocycles. The van der Waals surface area contributed by atoms with Crippen molar-refractivity contribution in [1.29, 1.82) is 0 Å². The first-order valence-electron chi connectivity index (χ1n) is 12.2. The Morgan fingerprint density at radius 1 is 1.13 bits per heavy atom. The molecule has 0 unspecified atom stereocenters. The molecular formula is C27H31N5O6. The largest absolute Gasteiger partial charge is 0.463 e. The zero-order valence-electron chi connectivity index (χ0n) is 21.2. The van der Waals surface area contributed by atoms with Gasteiger partial charge in [0.2, 0.25) is 11.8 Å². The van der Waals surface area contributed by atoms with E-state index in [1.54, 1.807) is 32.0 Å². The van der Waals surface area contributed by atoms with Crippen molar-refractivity contribution >= 4 is 23.7 Å². The van der Waals surface area contributed by atoms with Gasteiger partial charge in [-0.25, -0.2) is 4.79 Å². The predicted octanol–water partition coefficient (Wildman–Crippen LogP) is 2.19. The fraction of sp³-hybridized carbons (Fsp3) is 0.296. The second kappa shape index (κ2) is 13.6. The molecule has 0 fully saturated rings. The van der Waals surface area contributed by atoms with E-state index < -0.39 is 35.8 Å². The van der Waals surface area contributed by atoms with E-state index >= 15 is 0 Å². The first kappa shape index (κ1) is 27.9. The van der Waals surface area contributed by atoms with Crippen molar-refractivity contribution in [3.63, 3.8) is 0 Å². The third-order valence-electron chi connectivity index (χ3n) is 5.51. The van der Waals surface area contributed by atoms with Gasteiger partial charge in [-0.15, -0.1) is 0 Å². The van der Waals surface area contributed by atoms with Crippen LogP contribution in [-0.4, -0.2) is 52.5 Å². The molecule has 38 heavy (non-hydrogen) atoms. The number of primary amides is 1. The number of H-pyrrole nitrogens is 1. The number of nitrogens with zero attached hydrogens (tertiary/aromatic N) is 1. The Bertz CT molecular complexity index is 1280. The Hall–Kier alpha value is -4.67. The average molecular weight is 522 g/mol. The van der Waals surface area contributed by atoms with Gasteiger partial charge in [-0.2, -0.15) is 0 Å². The second-order valence-corrected chi connectivity index (χ2v) is 8.57. The highest BCUT2D eigenvalue weighted by Gasteiger charge is 2.25. The Morgan fingerprint density at radius 2 is 1.89 bits per heavy atom. The minimum atomic E-state index is -0.962. The number of hydrogen-bond donors (Lipinski definition) is 4. The number of amides is 3. The molecule has 2 heterocycles. The summed E-state index contributed by atoms with van der Waals surface area (Å²) in [6, 6.07) is 12.5. The fourth-order valence-corrected chi connectivity index (χ4v) is 3.64. The lowest BCUT2D eigenvalue weighted by molar-refractivity contribution is -0.137. The summed E-state index contributed by atoms with van der Waals surface area (Å²) < 4.78 is 10.1. The molecule has 2 aromatic heterocycles. The van der Waals surface area contributed by atoms with E-state index in [1.807, 2.05) is 30.3 Å². The van der Waals surface area contributed by atoms with Crippen molar-refractivity contribution in [2.24, 2.45) is 5.73 Å². The van der Waals surface area contributed by atoms with Crippen LogP contribution in [0, 0.1) is 6.92 Å². The number of rotatable bonds is 13. The van der Waals surface area contributed by atoms with Gasteiger partial charge in [0.25, 0.3) is 5.91 Å². The normalized spacial score (nSPS) is 12.6. The molecular weight excluding hydrogens is 490 g/mol. The van der Waals surface area contributed by atoms with Crippen LogP contribution in [0.4, 0.5) is 0 Å². The van der Waals surface area contributed by atoms with Gasteiger partial charge in [0.05, 0.1) is 18.0 Å². The van der Waals surface area contributed by atoms with Crippen LogP contribution in [0.25, 0.3) is 11.5 Å². The number of ether oxygens (including phenoxy) is 1. The third-order valence-corrected chi connectivity index (χ3v) is 5.51. The van der Waals surface area contributed by atoms with Crippen molar-refractivity contribution in [2.75, 3.05) is 6.61 Å². The summed E-state index contributed by atoms with van der Waals surface area (Å²) in [5.74, 6) is -1.65. The molecule has 3 rings (SSSR count). The van der Waals surface area contributed by atoms with Gasteiger partial charge in [0.15, 0.2) is 5.76 Å². The number of benzene rings is 1. The molecule has 0 aliphatic rings. The number of nitrogens with two attached hydrogens (primary N) is 1. The number of nitrogens with one attached hydrogen (secondary N) is 3. The van der Waals surface area contributed by atoms with Gasteiger partial charge >= 0.3 is 5.97 Å². The van der Waals surface area contributed by atoms with Crippen LogP contribution in [0.5, 0.6) is 0 Å². The van der Waals surface area contributed by atoms with Crippen molar-refractivity contribution < 1.29 is 28.4 Å². The van der Waals surface area contributed by atoms with Crippen LogP contribution in [0.1, 0.15) is 41.5 Å². The lowest BCUT2D eigenvalue weighted by Gasteiger charge is -2.22. The van der Waals surface area contributed by atoms with Crippen LogP contribution in [-0.2, 0) is 25.5 Å². The summed E-state index contributed by atoms with van der Waals surface area (Å²) in [5, 5.41) is 9.41. The Labute approximate surface area is 219 Å². The third kappa shape index (κ3) is 8.47. The lowest BCUT2D eigenvalue weighted by Crippen LogP contribution is -2.50. The summed E-state index contributed by atoms with van der Waals surface area (Å²) in [5.41, 5.74) is 7.59. The standard InChI is InChI=1S/C27H31N5O6/c1-3-37-25(34)14-10-19(9-13-24(28)33)29-27(36)22(16-18-7-5-4-6-8-18)31-26(35)21-12-11-20(30-21)23-15-17(2)32-38-23/h4-8,10-12,14-15,19,22,30H,3,9,13,16H2,1-2H3,(H2,28,33)(H,29,36)(H,31,35)/b14-10+/t19-,22-/m1/s1. The van der Waals surface area contributed by atoms with Gasteiger partial charge in [0, 0.05) is 31.0 Å². The van der Waals surface area contributed by atoms with Crippen LogP contribution in [0.3, 0.4) is 0 Å². The molecule has 1 aromatic carbocycles. The summed E-state index contributed by atoms with van der Waals surface area (Å²) in [7, 11) is 0.